The number of pyridine rings is 1. The first-order valence-corrected chi connectivity index (χ1v) is 7.67. The van der Waals surface area contributed by atoms with Gasteiger partial charge in [0, 0.05) is 24.8 Å². The fraction of sp³-hybridized carbons (Fsp3) is 0.625. The Hall–Kier alpha value is -1.58. The molecule has 1 heterocycles. The number of rotatable bonds is 5. The quantitative estimate of drug-likeness (QED) is 0.868. The van der Waals surface area contributed by atoms with Crippen molar-refractivity contribution in [1.29, 1.82) is 0 Å². The lowest BCUT2D eigenvalue weighted by Crippen LogP contribution is -2.31. The third-order valence-corrected chi connectivity index (χ3v) is 3.98. The first-order valence-electron chi connectivity index (χ1n) is 7.67. The maximum absolute atomic E-state index is 12.2. The molecule has 1 amide bonds. The lowest BCUT2D eigenvalue weighted by molar-refractivity contribution is 0.0940. The molecule has 0 saturated heterocycles. The lowest BCUT2D eigenvalue weighted by Gasteiger charge is -2.26. The number of nitrogens with one attached hydrogen (secondary N) is 2. The van der Waals surface area contributed by atoms with E-state index in [1.807, 2.05) is 13.0 Å². The molecule has 0 bridgehead atoms. The number of amides is 1. The van der Waals surface area contributed by atoms with Crippen molar-refractivity contribution in [3.63, 3.8) is 0 Å². The Morgan fingerprint density at radius 3 is 3.05 bits per heavy atom. The van der Waals surface area contributed by atoms with E-state index >= 15 is 0 Å². The van der Waals surface area contributed by atoms with Gasteiger partial charge in [0.15, 0.2) is 0 Å². The van der Waals surface area contributed by atoms with Crippen LogP contribution in [0.3, 0.4) is 0 Å². The van der Waals surface area contributed by atoms with Gasteiger partial charge in [-0.3, -0.25) is 4.79 Å². The normalized spacial score (nSPS) is 22.3. The summed E-state index contributed by atoms with van der Waals surface area (Å²) in [5, 5.41) is 6.19. The van der Waals surface area contributed by atoms with E-state index in [-0.39, 0.29) is 5.91 Å². The number of hydrogen-bond donors (Lipinski definition) is 2. The third-order valence-electron chi connectivity index (χ3n) is 3.98. The van der Waals surface area contributed by atoms with E-state index in [1.165, 1.54) is 25.7 Å². The second-order valence-electron chi connectivity index (χ2n) is 5.81. The summed E-state index contributed by atoms with van der Waals surface area (Å²) in [6.07, 6.45) is 6.78. The van der Waals surface area contributed by atoms with Crippen LogP contribution in [-0.4, -0.2) is 24.0 Å². The van der Waals surface area contributed by atoms with Crippen LogP contribution in [0.4, 0.5) is 5.82 Å². The van der Waals surface area contributed by atoms with Crippen LogP contribution >= 0.6 is 0 Å². The molecular formula is C16H25N3O. The standard InChI is InChI=1S/C16H25N3O/c1-3-17-15-10-14(7-8-18-15)16(20)19-11-13-6-4-5-12(2)9-13/h7-8,10,12-13H,3-6,9,11H2,1-2H3,(H,17,18)(H,19,20). The summed E-state index contributed by atoms with van der Waals surface area (Å²) < 4.78 is 0. The van der Waals surface area contributed by atoms with Crippen molar-refractivity contribution in [2.45, 2.75) is 39.5 Å². The van der Waals surface area contributed by atoms with Crippen LogP contribution in [0.5, 0.6) is 0 Å². The summed E-state index contributed by atoms with van der Waals surface area (Å²) in [4.78, 5) is 16.3. The highest BCUT2D eigenvalue weighted by atomic mass is 16.1. The molecule has 2 unspecified atom stereocenters. The van der Waals surface area contributed by atoms with E-state index in [0.717, 1.165) is 24.8 Å². The maximum Gasteiger partial charge on any atom is 0.251 e. The highest BCUT2D eigenvalue weighted by Gasteiger charge is 2.19. The van der Waals surface area contributed by atoms with E-state index in [4.69, 9.17) is 0 Å². The van der Waals surface area contributed by atoms with Gasteiger partial charge in [-0.15, -0.1) is 0 Å². The molecule has 1 aliphatic rings. The number of carbonyl (C=O) groups excluding carboxylic acids is 1. The average Bonchev–Trinajstić information content (AvgIpc) is 2.45. The van der Waals surface area contributed by atoms with E-state index in [2.05, 4.69) is 22.5 Å². The van der Waals surface area contributed by atoms with Gasteiger partial charge in [0.25, 0.3) is 5.91 Å². The highest BCUT2D eigenvalue weighted by molar-refractivity contribution is 5.94. The SMILES string of the molecule is CCNc1cc(C(=O)NCC2CCCC(C)C2)ccn1. The fourth-order valence-electron chi connectivity index (χ4n) is 2.93. The number of carbonyl (C=O) groups is 1. The minimum Gasteiger partial charge on any atom is -0.370 e. The van der Waals surface area contributed by atoms with Gasteiger partial charge in [-0.1, -0.05) is 19.8 Å². The van der Waals surface area contributed by atoms with Crippen molar-refractivity contribution >= 4 is 11.7 Å². The topological polar surface area (TPSA) is 54.0 Å². The largest absolute Gasteiger partial charge is 0.370 e. The van der Waals surface area contributed by atoms with Crippen LogP contribution in [-0.2, 0) is 0 Å². The Labute approximate surface area is 121 Å². The van der Waals surface area contributed by atoms with Crippen LogP contribution in [0.15, 0.2) is 18.3 Å². The molecule has 1 aliphatic carbocycles. The van der Waals surface area contributed by atoms with Gasteiger partial charge >= 0.3 is 0 Å². The van der Waals surface area contributed by atoms with Gasteiger partial charge in [-0.2, -0.15) is 0 Å². The summed E-state index contributed by atoms with van der Waals surface area (Å²) in [6, 6.07) is 3.57. The molecule has 0 radical (unpaired) electrons. The van der Waals surface area contributed by atoms with Gasteiger partial charge in [-0.25, -0.2) is 4.98 Å². The third kappa shape index (κ3) is 4.22. The summed E-state index contributed by atoms with van der Waals surface area (Å²) in [7, 11) is 0. The van der Waals surface area contributed by atoms with Crippen molar-refractivity contribution in [2.75, 3.05) is 18.4 Å². The molecule has 1 saturated carbocycles. The molecule has 1 aromatic heterocycles. The van der Waals surface area contributed by atoms with Crippen LogP contribution in [0.2, 0.25) is 0 Å². The average molecular weight is 275 g/mol. The van der Waals surface area contributed by atoms with E-state index < -0.39 is 0 Å². The molecule has 2 rings (SSSR count). The van der Waals surface area contributed by atoms with E-state index in [0.29, 0.717) is 11.5 Å². The van der Waals surface area contributed by atoms with Crippen molar-refractivity contribution in [1.82, 2.24) is 10.3 Å². The molecule has 1 fully saturated rings. The summed E-state index contributed by atoms with van der Waals surface area (Å²) in [6.45, 7) is 5.91. The molecule has 2 atom stereocenters. The van der Waals surface area contributed by atoms with E-state index in [1.54, 1.807) is 12.3 Å². The first kappa shape index (κ1) is 14.8. The molecule has 2 N–H and O–H groups in total. The molecule has 1 aromatic rings. The summed E-state index contributed by atoms with van der Waals surface area (Å²) >= 11 is 0. The zero-order valence-corrected chi connectivity index (χ0v) is 12.5. The van der Waals surface area contributed by atoms with Crippen molar-refractivity contribution < 1.29 is 4.79 Å². The Morgan fingerprint density at radius 2 is 2.30 bits per heavy atom. The Kier molecular flexibility index (Phi) is 5.39. The molecule has 0 spiro atoms. The fourth-order valence-corrected chi connectivity index (χ4v) is 2.93. The number of hydrogen-bond acceptors (Lipinski definition) is 3. The Bertz CT molecular complexity index is 447. The molecule has 0 aromatic carbocycles. The van der Waals surface area contributed by atoms with Crippen LogP contribution in [0, 0.1) is 11.8 Å². The van der Waals surface area contributed by atoms with E-state index in [9.17, 15) is 4.79 Å². The smallest absolute Gasteiger partial charge is 0.251 e. The predicted molar refractivity (Wildman–Crippen MR) is 81.9 cm³/mol. The molecule has 0 aliphatic heterocycles. The van der Waals surface area contributed by atoms with Crippen molar-refractivity contribution in [3.8, 4) is 0 Å². The second kappa shape index (κ2) is 7.27. The van der Waals surface area contributed by atoms with Crippen molar-refractivity contribution in [2.24, 2.45) is 11.8 Å². The van der Waals surface area contributed by atoms with Crippen LogP contribution in [0.25, 0.3) is 0 Å². The highest BCUT2D eigenvalue weighted by Crippen LogP contribution is 2.27. The zero-order chi connectivity index (χ0) is 14.4. The number of aromatic nitrogens is 1. The summed E-state index contributed by atoms with van der Waals surface area (Å²) in [5.41, 5.74) is 0.680. The minimum absolute atomic E-state index is 0.00443. The lowest BCUT2D eigenvalue weighted by atomic mass is 9.82. The number of anilines is 1. The van der Waals surface area contributed by atoms with Crippen LogP contribution < -0.4 is 10.6 Å². The first-order chi connectivity index (χ1) is 9.69. The zero-order valence-electron chi connectivity index (χ0n) is 12.5. The minimum atomic E-state index is 0.00443. The summed E-state index contributed by atoms with van der Waals surface area (Å²) in [5.74, 6) is 2.20. The molecule has 110 valence electrons. The van der Waals surface area contributed by atoms with Crippen LogP contribution in [0.1, 0.15) is 49.9 Å². The maximum atomic E-state index is 12.2. The molecular weight excluding hydrogens is 250 g/mol. The monoisotopic (exact) mass is 275 g/mol. The van der Waals surface area contributed by atoms with Gasteiger partial charge in [0.2, 0.25) is 0 Å². The van der Waals surface area contributed by atoms with Gasteiger partial charge < -0.3 is 10.6 Å². The van der Waals surface area contributed by atoms with Crippen molar-refractivity contribution in [3.05, 3.63) is 23.9 Å². The predicted octanol–water partition coefficient (Wildman–Crippen LogP) is 3.07. The Balaban J connectivity index is 1.86. The van der Waals surface area contributed by atoms with Gasteiger partial charge in [-0.05, 0) is 43.7 Å². The Morgan fingerprint density at radius 1 is 1.45 bits per heavy atom. The second-order valence-corrected chi connectivity index (χ2v) is 5.81. The van der Waals surface area contributed by atoms with Gasteiger partial charge in [0.1, 0.15) is 5.82 Å². The molecule has 20 heavy (non-hydrogen) atoms. The molecule has 4 heteroatoms. The molecule has 4 nitrogen and oxygen atoms in total. The number of nitrogens with zero attached hydrogens (tertiary/aromatic N) is 1. The van der Waals surface area contributed by atoms with Gasteiger partial charge in [0.05, 0.1) is 0 Å².